The van der Waals surface area contributed by atoms with Gasteiger partial charge in [0.2, 0.25) is 0 Å². The summed E-state index contributed by atoms with van der Waals surface area (Å²) >= 11 is 8.01. The minimum Gasteiger partial charge on any atom is -0.370 e. The molecule has 0 amide bonds. The van der Waals surface area contributed by atoms with Crippen LogP contribution >= 0.6 is 22.9 Å². The fourth-order valence-electron chi connectivity index (χ4n) is 2.97. The third kappa shape index (κ3) is 4.25. The van der Waals surface area contributed by atoms with Gasteiger partial charge in [0.25, 0.3) is 0 Å². The number of benzene rings is 1. The van der Waals surface area contributed by atoms with Gasteiger partial charge in [-0.1, -0.05) is 43.6 Å². The van der Waals surface area contributed by atoms with Gasteiger partial charge in [-0.2, -0.15) is 0 Å². The summed E-state index contributed by atoms with van der Waals surface area (Å²) in [7, 11) is 0. The van der Waals surface area contributed by atoms with E-state index in [9.17, 15) is 0 Å². The van der Waals surface area contributed by atoms with Crippen molar-refractivity contribution >= 4 is 34.0 Å². The fourth-order valence-corrected chi connectivity index (χ4v) is 4.06. The molecule has 5 nitrogen and oxygen atoms in total. The number of aromatic nitrogens is 1. The molecule has 1 aromatic heterocycles. The molecule has 2 heterocycles. The molecule has 25 heavy (non-hydrogen) atoms. The van der Waals surface area contributed by atoms with Crippen LogP contribution in [0.4, 0.5) is 5.13 Å². The maximum absolute atomic E-state index is 6.34. The Morgan fingerprint density at radius 2 is 2.00 bits per heavy atom. The van der Waals surface area contributed by atoms with Crippen molar-refractivity contribution < 1.29 is 0 Å². The van der Waals surface area contributed by atoms with Gasteiger partial charge in [0.05, 0.1) is 6.54 Å². The van der Waals surface area contributed by atoms with E-state index in [-0.39, 0.29) is 5.41 Å². The normalized spacial score (nSPS) is 16.4. The quantitative estimate of drug-likeness (QED) is 0.656. The standard InChI is InChI=1S/C18H24ClN5S/c1-18(2,14-5-3-4-6-15(14)19)13-22-16(20)23-8-10-24(11-9-23)17-21-7-12-25-17/h3-7,12H,8-11,13H2,1-2H3,(H2,20,22). The van der Waals surface area contributed by atoms with Crippen LogP contribution in [0.3, 0.4) is 0 Å². The Labute approximate surface area is 158 Å². The van der Waals surface area contributed by atoms with Crippen molar-refractivity contribution in [1.82, 2.24) is 9.88 Å². The molecule has 1 saturated heterocycles. The molecule has 3 rings (SSSR count). The molecule has 0 radical (unpaired) electrons. The zero-order valence-corrected chi connectivity index (χ0v) is 16.2. The van der Waals surface area contributed by atoms with Gasteiger partial charge in [-0.3, -0.25) is 4.99 Å². The third-order valence-electron chi connectivity index (χ3n) is 4.53. The molecule has 2 N–H and O–H groups in total. The molecule has 0 spiro atoms. The number of aliphatic imine (C=N–C) groups is 1. The zero-order chi connectivity index (χ0) is 17.9. The molecule has 1 fully saturated rings. The van der Waals surface area contributed by atoms with Crippen molar-refractivity contribution in [2.24, 2.45) is 10.7 Å². The summed E-state index contributed by atoms with van der Waals surface area (Å²) in [6, 6.07) is 7.93. The van der Waals surface area contributed by atoms with E-state index in [0.29, 0.717) is 12.5 Å². The van der Waals surface area contributed by atoms with Crippen molar-refractivity contribution in [2.75, 3.05) is 37.6 Å². The number of anilines is 1. The highest BCUT2D eigenvalue weighted by Gasteiger charge is 2.24. The number of nitrogens with zero attached hydrogens (tertiary/aromatic N) is 4. The van der Waals surface area contributed by atoms with Crippen LogP contribution in [0.25, 0.3) is 0 Å². The summed E-state index contributed by atoms with van der Waals surface area (Å²) in [5.74, 6) is 0.610. The number of thiazole rings is 1. The van der Waals surface area contributed by atoms with Crippen molar-refractivity contribution in [1.29, 1.82) is 0 Å². The highest BCUT2D eigenvalue weighted by molar-refractivity contribution is 7.13. The van der Waals surface area contributed by atoms with Gasteiger partial charge >= 0.3 is 0 Å². The zero-order valence-electron chi connectivity index (χ0n) is 14.7. The van der Waals surface area contributed by atoms with Crippen LogP contribution in [0.15, 0.2) is 40.8 Å². The van der Waals surface area contributed by atoms with Crippen LogP contribution < -0.4 is 10.6 Å². The van der Waals surface area contributed by atoms with Crippen LogP contribution in [-0.2, 0) is 5.41 Å². The summed E-state index contributed by atoms with van der Waals surface area (Å²) in [4.78, 5) is 13.5. The Hall–Kier alpha value is -1.79. The maximum atomic E-state index is 6.34. The average molecular weight is 378 g/mol. The van der Waals surface area contributed by atoms with Crippen LogP contribution in [0.1, 0.15) is 19.4 Å². The molecule has 2 aromatic rings. The number of piperazine rings is 1. The van der Waals surface area contributed by atoms with Crippen LogP contribution in [0.5, 0.6) is 0 Å². The number of rotatable bonds is 4. The highest BCUT2D eigenvalue weighted by atomic mass is 35.5. The lowest BCUT2D eigenvalue weighted by molar-refractivity contribution is 0.378. The van der Waals surface area contributed by atoms with Crippen LogP contribution in [0, 0.1) is 0 Å². The van der Waals surface area contributed by atoms with Gasteiger partial charge in [-0.25, -0.2) is 4.98 Å². The lowest BCUT2D eigenvalue weighted by Gasteiger charge is -2.35. The topological polar surface area (TPSA) is 57.8 Å². The predicted octanol–water partition coefficient (Wildman–Crippen LogP) is 3.21. The molecule has 0 saturated carbocycles. The summed E-state index contributed by atoms with van der Waals surface area (Å²) in [5.41, 5.74) is 7.19. The van der Waals surface area contributed by atoms with Gasteiger partial charge < -0.3 is 15.5 Å². The maximum Gasteiger partial charge on any atom is 0.191 e. The molecule has 0 unspecified atom stereocenters. The summed E-state index contributed by atoms with van der Waals surface area (Å²) in [6.07, 6.45) is 1.85. The number of hydrogen-bond acceptors (Lipinski definition) is 4. The van der Waals surface area contributed by atoms with E-state index in [1.807, 2.05) is 29.8 Å². The van der Waals surface area contributed by atoms with Crippen molar-refractivity contribution in [3.8, 4) is 0 Å². The first-order valence-electron chi connectivity index (χ1n) is 8.42. The molecular weight excluding hydrogens is 354 g/mol. The second-order valence-electron chi connectivity index (χ2n) is 6.83. The van der Waals surface area contributed by atoms with E-state index in [1.165, 1.54) is 0 Å². The van der Waals surface area contributed by atoms with E-state index in [2.05, 4.69) is 39.7 Å². The first-order chi connectivity index (χ1) is 12.0. The lowest BCUT2D eigenvalue weighted by Crippen LogP contribution is -2.51. The van der Waals surface area contributed by atoms with Crippen LogP contribution in [0.2, 0.25) is 5.02 Å². The average Bonchev–Trinajstić information content (AvgIpc) is 3.15. The SMILES string of the molecule is CC(C)(CN=C(N)N1CCN(c2nccs2)CC1)c1ccccc1Cl. The van der Waals surface area contributed by atoms with E-state index < -0.39 is 0 Å². The number of nitrogens with two attached hydrogens (primary N) is 1. The second-order valence-corrected chi connectivity index (χ2v) is 8.11. The summed E-state index contributed by atoms with van der Waals surface area (Å²) in [5, 5.41) is 3.86. The van der Waals surface area contributed by atoms with Gasteiger partial charge in [0.1, 0.15) is 0 Å². The molecule has 0 atom stereocenters. The smallest absolute Gasteiger partial charge is 0.191 e. The lowest BCUT2D eigenvalue weighted by atomic mass is 9.85. The molecule has 1 aliphatic heterocycles. The van der Waals surface area contributed by atoms with Crippen molar-refractivity contribution in [3.05, 3.63) is 46.4 Å². The second kappa shape index (κ2) is 7.62. The van der Waals surface area contributed by atoms with Gasteiger partial charge in [0, 0.05) is 48.2 Å². The van der Waals surface area contributed by atoms with Crippen molar-refractivity contribution in [3.63, 3.8) is 0 Å². The summed E-state index contributed by atoms with van der Waals surface area (Å²) < 4.78 is 0. The molecule has 134 valence electrons. The fraction of sp³-hybridized carbons (Fsp3) is 0.444. The Bertz CT molecular complexity index is 721. The largest absolute Gasteiger partial charge is 0.370 e. The van der Waals surface area contributed by atoms with Gasteiger partial charge in [-0.05, 0) is 11.6 Å². The molecule has 1 aliphatic rings. The number of guanidine groups is 1. The van der Waals surface area contributed by atoms with Crippen molar-refractivity contribution in [2.45, 2.75) is 19.3 Å². The molecule has 0 bridgehead atoms. The highest BCUT2D eigenvalue weighted by Crippen LogP contribution is 2.30. The van der Waals surface area contributed by atoms with E-state index in [1.54, 1.807) is 11.3 Å². The molecule has 7 heteroatoms. The number of hydrogen-bond donors (Lipinski definition) is 1. The Kier molecular flexibility index (Phi) is 5.49. The monoisotopic (exact) mass is 377 g/mol. The third-order valence-corrected chi connectivity index (χ3v) is 5.69. The first-order valence-corrected chi connectivity index (χ1v) is 9.67. The Morgan fingerprint density at radius 3 is 2.64 bits per heavy atom. The van der Waals surface area contributed by atoms with Crippen LogP contribution in [-0.4, -0.2) is 48.6 Å². The van der Waals surface area contributed by atoms with Gasteiger partial charge in [0.15, 0.2) is 11.1 Å². The van der Waals surface area contributed by atoms with E-state index in [0.717, 1.165) is 41.9 Å². The molecular formula is C18H24ClN5S. The minimum absolute atomic E-state index is 0.161. The number of halogens is 1. The Balaban J connectivity index is 1.60. The molecule has 1 aromatic carbocycles. The van der Waals surface area contributed by atoms with E-state index >= 15 is 0 Å². The minimum atomic E-state index is -0.161. The molecule has 0 aliphatic carbocycles. The van der Waals surface area contributed by atoms with Gasteiger partial charge in [-0.15, -0.1) is 11.3 Å². The predicted molar refractivity (Wildman–Crippen MR) is 107 cm³/mol. The first kappa shape index (κ1) is 18.0. The van der Waals surface area contributed by atoms with E-state index in [4.69, 9.17) is 17.3 Å². The summed E-state index contributed by atoms with van der Waals surface area (Å²) in [6.45, 7) is 8.45. The Morgan fingerprint density at radius 1 is 1.28 bits per heavy atom.